The first kappa shape index (κ1) is 14.1. The minimum atomic E-state index is -0.122. The molecule has 2 rings (SSSR count). The zero-order valence-corrected chi connectivity index (χ0v) is 11.7. The Kier molecular flexibility index (Phi) is 4.38. The molecular formula is C16H18N2O2. The first-order valence-electron chi connectivity index (χ1n) is 6.38. The lowest BCUT2D eigenvalue weighted by Gasteiger charge is -2.21. The molecule has 0 heterocycles. The number of anilines is 1. The Labute approximate surface area is 118 Å². The van der Waals surface area contributed by atoms with Crippen molar-refractivity contribution in [1.29, 1.82) is 0 Å². The summed E-state index contributed by atoms with van der Waals surface area (Å²) in [5.41, 5.74) is 7.99. The standard InChI is InChI=1S/C16H18N2O2/c1-18(14-9-5-3-7-12(14)11-17)16(19)13-8-4-6-10-15(13)20-2/h3-10H,11,17H2,1-2H3. The number of nitrogens with two attached hydrogens (primary N) is 1. The molecule has 4 nitrogen and oxygen atoms in total. The Morgan fingerprint density at radius 3 is 2.50 bits per heavy atom. The predicted molar refractivity (Wildman–Crippen MR) is 80.1 cm³/mol. The molecule has 2 N–H and O–H groups in total. The Hall–Kier alpha value is -2.33. The number of para-hydroxylation sites is 2. The molecule has 0 bridgehead atoms. The largest absolute Gasteiger partial charge is 0.496 e. The number of hydrogen-bond donors (Lipinski definition) is 1. The van der Waals surface area contributed by atoms with E-state index in [4.69, 9.17) is 10.5 Å². The van der Waals surface area contributed by atoms with Crippen LogP contribution in [-0.2, 0) is 6.54 Å². The highest BCUT2D eigenvalue weighted by Gasteiger charge is 2.18. The maximum atomic E-state index is 12.6. The summed E-state index contributed by atoms with van der Waals surface area (Å²) in [5, 5.41) is 0. The summed E-state index contributed by atoms with van der Waals surface area (Å²) in [6.45, 7) is 0.389. The van der Waals surface area contributed by atoms with E-state index < -0.39 is 0 Å². The molecule has 0 unspecified atom stereocenters. The normalized spacial score (nSPS) is 10.2. The fraction of sp³-hybridized carbons (Fsp3) is 0.188. The summed E-state index contributed by atoms with van der Waals surface area (Å²) >= 11 is 0. The first-order chi connectivity index (χ1) is 9.69. The molecule has 0 aliphatic heterocycles. The summed E-state index contributed by atoms with van der Waals surface area (Å²) in [5.74, 6) is 0.443. The lowest BCUT2D eigenvalue weighted by atomic mass is 10.1. The van der Waals surface area contributed by atoms with Gasteiger partial charge in [0, 0.05) is 19.3 Å². The number of nitrogens with zero attached hydrogens (tertiary/aromatic N) is 1. The fourth-order valence-corrected chi connectivity index (χ4v) is 2.12. The SMILES string of the molecule is COc1ccccc1C(=O)N(C)c1ccccc1CN. The van der Waals surface area contributed by atoms with Gasteiger partial charge in [-0.3, -0.25) is 4.79 Å². The Morgan fingerprint density at radius 2 is 1.80 bits per heavy atom. The zero-order valence-electron chi connectivity index (χ0n) is 11.7. The van der Waals surface area contributed by atoms with E-state index in [1.165, 1.54) is 0 Å². The van der Waals surface area contributed by atoms with Crippen molar-refractivity contribution < 1.29 is 9.53 Å². The number of hydrogen-bond acceptors (Lipinski definition) is 3. The van der Waals surface area contributed by atoms with Crippen molar-refractivity contribution >= 4 is 11.6 Å². The van der Waals surface area contributed by atoms with Crippen LogP contribution in [0, 0.1) is 0 Å². The number of rotatable bonds is 4. The van der Waals surface area contributed by atoms with Crippen molar-refractivity contribution in [1.82, 2.24) is 0 Å². The Morgan fingerprint density at radius 1 is 1.15 bits per heavy atom. The van der Waals surface area contributed by atoms with Gasteiger partial charge in [-0.15, -0.1) is 0 Å². The summed E-state index contributed by atoms with van der Waals surface area (Å²) < 4.78 is 5.24. The van der Waals surface area contributed by atoms with Crippen LogP contribution >= 0.6 is 0 Å². The highest BCUT2D eigenvalue weighted by atomic mass is 16.5. The van der Waals surface area contributed by atoms with Crippen LogP contribution in [0.5, 0.6) is 5.75 Å². The summed E-state index contributed by atoms with van der Waals surface area (Å²) in [7, 11) is 3.29. The monoisotopic (exact) mass is 270 g/mol. The lowest BCUT2D eigenvalue weighted by Crippen LogP contribution is -2.28. The molecule has 0 aliphatic carbocycles. The lowest BCUT2D eigenvalue weighted by molar-refractivity contribution is 0.0990. The van der Waals surface area contributed by atoms with Crippen molar-refractivity contribution in [2.75, 3.05) is 19.1 Å². The van der Waals surface area contributed by atoms with Gasteiger partial charge in [0.15, 0.2) is 0 Å². The Balaban J connectivity index is 2.38. The minimum Gasteiger partial charge on any atom is -0.496 e. The second-order valence-corrected chi connectivity index (χ2v) is 4.40. The first-order valence-corrected chi connectivity index (χ1v) is 6.38. The van der Waals surface area contributed by atoms with Gasteiger partial charge < -0.3 is 15.4 Å². The van der Waals surface area contributed by atoms with E-state index in [0.717, 1.165) is 11.3 Å². The van der Waals surface area contributed by atoms with E-state index in [1.54, 1.807) is 31.2 Å². The number of carbonyl (C=O) groups excluding carboxylic acids is 1. The van der Waals surface area contributed by atoms with Crippen LogP contribution in [0.3, 0.4) is 0 Å². The molecule has 0 aliphatic rings. The van der Waals surface area contributed by atoms with Gasteiger partial charge in [-0.2, -0.15) is 0 Å². The molecule has 0 aromatic heterocycles. The molecule has 1 amide bonds. The van der Waals surface area contributed by atoms with Crippen LogP contribution in [0.25, 0.3) is 0 Å². The molecule has 2 aromatic carbocycles. The van der Waals surface area contributed by atoms with Crippen molar-refractivity contribution in [3.8, 4) is 5.75 Å². The highest BCUT2D eigenvalue weighted by Crippen LogP contribution is 2.24. The highest BCUT2D eigenvalue weighted by molar-refractivity contribution is 6.07. The number of amides is 1. The third-order valence-corrected chi connectivity index (χ3v) is 3.21. The van der Waals surface area contributed by atoms with Gasteiger partial charge in [-0.25, -0.2) is 0 Å². The predicted octanol–water partition coefficient (Wildman–Crippen LogP) is 2.43. The molecular weight excluding hydrogens is 252 g/mol. The molecule has 0 fully saturated rings. The van der Waals surface area contributed by atoms with Crippen LogP contribution in [-0.4, -0.2) is 20.1 Å². The summed E-state index contributed by atoms with van der Waals surface area (Å²) in [6, 6.07) is 14.8. The average molecular weight is 270 g/mol. The average Bonchev–Trinajstić information content (AvgIpc) is 2.53. The topological polar surface area (TPSA) is 55.6 Å². The molecule has 0 spiro atoms. The zero-order chi connectivity index (χ0) is 14.5. The second-order valence-electron chi connectivity index (χ2n) is 4.40. The van der Waals surface area contributed by atoms with Gasteiger partial charge in [0.1, 0.15) is 5.75 Å². The van der Waals surface area contributed by atoms with Gasteiger partial charge >= 0.3 is 0 Å². The van der Waals surface area contributed by atoms with Crippen LogP contribution in [0.4, 0.5) is 5.69 Å². The quantitative estimate of drug-likeness (QED) is 0.928. The van der Waals surface area contributed by atoms with Crippen molar-refractivity contribution in [2.24, 2.45) is 5.73 Å². The Bertz CT molecular complexity index is 611. The smallest absolute Gasteiger partial charge is 0.261 e. The number of carbonyl (C=O) groups is 1. The van der Waals surface area contributed by atoms with E-state index in [1.807, 2.05) is 36.4 Å². The van der Waals surface area contributed by atoms with E-state index in [-0.39, 0.29) is 5.91 Å². The van der Waals surface area contributed by atoms with Crippen molar-refractivity contribution in [3.05, 3.63) is 59.7 Å². The van der Waals surface area contributed by atoms with E-state index in [2.05, 4.69) is 0 Å². The van der Waals surface area contributed by atoms with Gasteiger partial charge in [-0.05, 0) is 23.8 Å². The molecule has 2 aromatic rings. The maximum Gasteiger partial charge on any atom is 0.261 e. The molecule has 20 heavy (non-hydrogen) atoms. The van der Waals surface area contributed by atoms with E-state index in [9.17, 15) is 4.79 Å². The van der Waals surface area contributed by atoms with E-state index in [0.29, 0.717) is 17.9 Å². The molecule has 0 saturated heterocycles. The number of ether oxygens (including phenoxy) is 1. The van der Waals surface area contributed by atoms with E-state index >= 15 is 0 Å². The van der Waals surface area contributed by atoms with Crippen molar-refractivity contribution in [3.63, 3.8) is 0 Å². The third-order valence-electron chi connectivity index (χ3n) is 3.21. The van der Waals surface area contributed by atoms with Gasteiger partial charge in [0.05, 0.1) is 12.7 Å². The molecule has 4 heteroatoms. The fourth-order valence-electron chi connectivity index (χ4n) is 2.12. The van der Waals surface area contributed by atoms with Crippen LogP contribution in [0.1, 0.15) is 15.9 Å². The summed E-state index contributed by atoms with van der Waals surface area (Å²) in [4.78, 5) is 14.2. The van der Waals surface area contributed by atoms with Gasteiger partial charge in [0.25, 0.3) is 5.91 Å². The number of methoxy groups -OCH3 is 1. The molecule has 0 radical (unpaired) electrons. The number of benzene rings is 2. The van der Waals surface area contributed by atoms with Gasteiger partial charge in [0.2, 0.25) is 0 Å². The van der Waals surface area contributed by atoms with Crippen LogP contribution in [0.2, 0.25) is 0 Å². The maximum absolute atomic E-state index is 12.6. The van der Waals surface area contributed by atoms with Crippen molar-refractivity contribution in [2.45, 2.75) is 6.54 Å². The molecule has 0 saturated carbocycles. The summed E-state index contributed by atoms with van der Waals surface area (Å²) in [6.07, 6.45) is 0. The minimum absolute atomic E-state index is 0.122. The molecule has 0 atom stereocenters. The van der Waals surface area contributed by atoms with Gasteiger partial charge in [-0.1, -0.05) is 30.3 Å². The third kappa shape index (κ3) is 2.65. The van der Waals surface area contributed by atoms with Crippen LogP contribution in [0.15, 0.2) is 48.5 Å². The second kappa shape index (κ2) is 6.21. The molecule has 104 valence electrons. The van der Waals surface area contributed by atoms with Crippen LogP contribution < -0.4 is 15.4 Å².